The number of aromatic nitrogens is 2. The number of aryl methyl sites for hydroxylation is 1. The lowest BCUT2D eigenvalue weighted by Gasteiger charge is -2.16. The van der Waals surface area contributed by atoms with Gasteiger partial charge in [0, 0.05) is 23.3 Å². The predicted molar refractivity (Wildman–Crippen MR) is 83.2 cm³/mol. The lowest BCUT2D eigenvalue weighted by atomic mass is 9.93. The molecular formula is C18H18N2O. The number of hydrogen-bond acceptors (Lipinski definition) is 2. The number of pyridine rings is 1. The molecule has 0 saturated heterocycles. The first-order valence-corrected chi connectivity index (χ1v) is 7.51. The van der Waals surface area contributed by atoms with Gasteiger partial charge in [-0.2, -0.15) is 0 Å². The Morgan fingerprint density at radius 2 is 2.05 bits per heavy atom. The summed E-state index contributed by atoms with van der Waals surface area (Å²) in [6.07, 6.45) is 6.98. The highest BCUT2D eigenvalue weighted by Gasteiger charge is 2.19. The molecule has 0 aliphatic heterocycles. The van der Waals surface area contributed by atoms with Gasteiger partial charge in [0.05, 0.1) is 23.9 Å². The van der Waals surface area contributed by atoms with E-state index in [1.54, 1.807) is 0 Å². The van der Waals surface area contributed by atoms with Crippen molar-refractivity contribution in [2.75, 3.05) is 0 Å². The van der Waals surface area contributed by atoms with E-state index in [0.29, 0.717) is 0 Å². The molecule has 3 nitrogen and oxygen atoms in total. The lowest BCUT2D eigenvalue weighted by Crippen LogP contribution is -2.05. The molecule has 0 radical (unpaired) electrons. The zero-order valence-corrected chi connectivity index (χ0v) is 11.9. The summed E-state index contributed by atoms with van der Waals surface area (Å²) in [5.74, 6) is 0. The van der Waals surface area contributed by atoms with E-state index in [2.05, 4.69) is 35.2 Å². The molecule has 0 bridgehead atoms. The Morgan fingerprint density at radius 3 is 2.95 bits per heavy atom. The molecule has 0 spiro atoms. The number of aliphatic hydroxyl groups is 1. The smallest absolute Gasteiger partial charge is 0.0807 e. The van der Waals surface area contributed by atoms with Crippen LogP contribution < -0.4 is 0 Å². The highest BCUT2D eigenvalue weighted by Crippen LogP contribution is 2.30. The van der Waals surface area contributed by atoms with E-state index < -0.39 is 0 Å². The summed E-state index contributed by atoms with van der Waals surface area (Å²) in [6.45, 7) is 0.755. The second-order valence-corrected chi connectivity index (χ2v) is 5.81. The standard InChI is InChI=1S/C18H18N2O/c21-18-7-3-5-14-10-20(12-16(14)18)11-15-9-8-13-4-1-2-6-17(13)19-15/h1-2,4,6,8-10,12,18,21H,3,5,7,11H2. The van der Waals surface area contributed by atoms with Crippen molar-refractivity contribution in [2.24, 2.45) is 0 Å². The first-order chi connectivity index (χ1) is 10.3. The summed E-state index contributed by atoms with van der Waals surface area (Å²) in [5.41, 5.74) is 4.47. The fraction of sp³-hybridized carbons (Fsp3) is 0.278. The average Bonchev–Trinajstić information content (AvgIpc) is 2.91. The topological polar surface area (TPSA) is 38.0 Å². The summed E-state index contributed by atoms with van der Waals surface area (Å²) < 4.78 is 2.15. The van der Waals surface area contributed by atoms with Crippen LogP contribution in [-0.4, -0.2) is 14.7 Å². The van der Waals surface area contributed by atoms with Gasteiger partial charge in [0.2, 0.25) is 0 Å². The van der Waals surface area contributed by atoms with Crippen molar-refractivity contribution in [3.05, 3.63) is 65.6 Å². The van der Waals surface area contributed by atoms with E-state index in [1.807, 2.05) is 18.2 Å². The molecule has 1 unspecified atom stereocenters. The molecular weight excluding hydrogens is 260 g/mol. The van der Waals surface area contributed by atoms with Gasteiger partial charge >= 0.3 is 0 Å². The Kier molecular flexibility index (Phi) is 3.00. The molecule has 4 rings (SSSR count). The second kappa shape index (κ2) is 5.01. The third-order valence-corrected chi connectivity index (χ3v) is 4.28. The molecule has 0 fully saturated rings. The van der Waals surface area contributed by atoms with Gasteiger partial charge in [0.1, 0.15) is 0 Å². The number of fused-ring (bicyclic) bond motifs is 2. The van der Waals surface area contributed by atoms with Crippen LogP contribution in [0.15, 0.2) is 48.8 Å². The van der Waals surface area contributed by atoms with E-state index in [-0.39, 0.29) is 6.10 Å². The Bertz CT molecular complexity index is 791. The summed E-state index contributed by atoms with van der Waals surface area (Å²) in [7, 11) is 0. The maximum absolute atomic E-state index is 10.1. The van der Waals surface area contributed by atoms with Gasteiger partial charge in [0.25, 0.3) is 0 Å². The van der Waals surface area contributed by atoms with Crippen LogP contribution in [-0.2, 0) is 13.0 Å². The Hall–Kier alpha value is -2.13. The zero-order valence-electron chi connectivity index (χ0n) is 11.9. The minimum absolute atomic E-state index is 0.292. The molecule has 3 heteroatoms. The molecule has 3 aromatic rings. The maximum atomic E-state index is 10.1. The first-order valence-electron chi connectivity index (χ1n) is 7.51. The Morgan fingerprint density at radius 1 is 1.14 bits per heavy atom. The highest BCUT2D eigenvalue weighted by molar-refractivity contribution is 5.78. The van der Waals surface area contributed by atoms with Crippen LogP contribution in [0.1, 0.15) is 35.8 Å². The van der Waals surface area contributed by atoms with Crippen molar-refractivity contribution in [1.29, 1.82) is 0 Å². The van der Waals surface area contributed by atoms with E-state index in [0.717, 1.165) is 42.6 Å². The monoisotopic (exact) mass is 278 g/mol. The predicted octanol–water partition coefficient (Wildman–Crippen LogP) is 3.45. The van der Waals surface area contributed by atoms with Crippen molar-refractivity contribution in [3.8, 4) is 0 Å². The van der Waals surface area contributed by atoms with E-state index in [1.165, 1.54) is 10.9 Å². The number of benzene rings is 1. The average molecular weight is 278 g/mol. The van der Waals surface area contributed by atoms with Gasteiger partial charge in [-0.25, -0.2) is 0 Å². The third-order valence-electron chi connectivity index (χ3n) is 4.28. The van der Waals surface area contributed by atoms with Crippen molar-refractivity contribution < 1.29 is 5.11 Å². The van der Waals surface area contributed by atoms with E-state index in [9.17, 15) is 5.11 Å². The minimum atomic E-state index is -0.292. The van der Waals surface area contributed by atoms with Crippen molar-refractivity contribution in [1.82, 2.24) is 9.55 Å². The number of para-hydroxylation sites is 1. The van der Waals surface area contributed by atoms with Crippen molar-refractivity contribution >= 4 is 10.9 Å². The second-order valence-electron chi connectivity index (χ2n) is 5.81. The van der Waals surface area contributed by atoms with Gasteiger partial charge in [-0.1, -0.05) is 24.3 Å². The molecule has 1 aromatic carbocycles. The maximum Gasteiger partial charge on any atom is 0.0807 e. The van der Waals surface area contributed by atoms with E-state index >= 15 is 0 Å². The molecule has 1 N–H and O–H groups in total. The fourth-order valence-corrected chi connectivity index (χ4v) is 3.20. The van der Waals surface area contributed by atoms with Crippen LogP contribution in [0.3, 0.4) is 0 Å². The van der Waals surface area contributed by atoms with Crippen molar-refractivity contribution in [3.63, 3.8) is 0 Å². The largest absolute Gasteiger partial charge is 0.388 e. The zero-order chi connectivity index (χ0) is 14.2. The minimum Gasteiger partial charge on any atom is -0.388 e. The molecule has 1 aliphatic rings. The first kappa shape index (κ1) is 12.6. The lowest BCUT2D eigenvalue weighted by molar-refractivity contribution is 0.157. The van der Waals surface area contributed by atoms with Crippen LogP contribution in [0.2, 0.25) is 0 Å². The van der Waals surface area contributed by atoms with Gasteiger partial charge in [-0.3, -0.25) is 4.98 Å². The number of hydrogen-bond donors (Lipinski definition) is 1. The van der Waals surface area contributed by atoms with Gasteiger partial charge in [-0.05, 0) is 37.0 Å². The van der Waals surface area contributed by atoms with Gasteiger partial charge < -0.3 is 9.67 Å². The molecule has 0 saturated carbocycles. The Labute approximate surface area is 123 Å². The summed E-state index contributed by atoms with van der Waals surface area (Å²) in [4.78, 5) is 4.71. The molecule has 1 aliphatic carbocycles. The highest BCUT2D eigenvalue weighted by atomic mass is 16.3. The summed E-state index contributed by atoms with van der Waals surface area (Å²) in [6, 6.07) is 12.4. The van der Waals surface area contributed by atoms with Gasteiger partial charge in [0.15, 0.2) is 0 Å². The van der Waals surface area contributed by atoms with Crippen LogP contribution in [0.25, 0.3) is 10.9 Å². The normalized spacial score (nSPS) is 17.9. The SMILES string of the molecule is OC1CCCc2cn(Cc3ccc4ccccc4n3)cc21. The number of rotatable bonds is 2. The van der Waals surface area contributed by atoms with Crippen LogP contribution in [0.5, 0.6) is 0 Å². The number of nitrogens with zero attached hydrogens (tertiary/aromatic N) is 2. The fourth-order valence-electron chi connectivity index (χ4n) is 3.20. The Balaban J connectivity index is 1.65. The molecule has 106 valence electrons. The quantitative estimate of drug-likeness (QED) is 0.779. The van der Waals surface area contributed by atoms with E-state index in [4.69, 9.17) is 4.98 Å². The number of aliphatic hydroxyl groups excluding tert-OH is 1. The van der Waals surface area contributed by atoms with Crippen LogP contribution in [0.4, 0.5) is 0 Å². The van der Waals surface area contributed by atoms with Crippen LogP contribution >= 0.6 is 0 Å². The molecule has 0 amide bonds. The molecule has 2 heterocycles. The summed E-state index contributed by atoms with van der Waals surface area (Å²) >= 11 is 0. The third kappa shape index (κ3) is 2.34. The molecule has 2 aromatic heterocycles. The molecule has 21 heavy (non-hydrogen) atoms. The van der Waals surface area contributed by atoms with Crippen molar-refractivity contribution in [2.45, 2.75) is 31.9 Å². The van der Waals surface area contributed by atoms with Gasteiger partial charge in [-0.15, -0.1) is 0 Å². The van der Waals surface area contributed by atoms with Crippen LogP contribution in [0, 0.1) is 0 Å². The molecule has 1 atom stereocenters. The summed E-state index contributed by atoms with van der Waals surface area (Å²) in [5, 5.41) is 11.2.